The molecular weight excluding hydrogens is 485 g/mol. The minimum atomic E-state index is -0.986. The summed E-state index contributed by atoms with van der Waals surface area (Å²) in [4.78, 5) is 28.6. The lowest BCUT2D eigenvalue weighted by Gasteiger charge is -2.35. The topological polar surface area (TPSA) is 72.9 Å². The fourth-order valence-electron chi connectivity index (χ4n) is 5.14. The molecule has 0 saturated carbocycles. The molecule has 4 rings (SSSR count). The van der Waals surface area contributed by atoms with Crippen LogP contribution in [-0.4, -0.2) is 54.6 Å². The number of hydrogen-bond donors (Lipinski definition) is 2. The fourth-order valence-corrected chi connectivity index (χ4v) is 5.46. The highest BCUT2D eigenvalue weighted by Crippen LogP contribution is 2.38. The van der Waals surface area contributed by atoms with E-state index in [0.29, 0.717) is 22.6 Å². The second-order valence-electron chi connectivity index (χ2n) is 9.24. The van der Waals surface area contributed by atoms with Gasteiger partial charge in [0.1, 0.15) is 0 Å². The van der Waals surface area contributed by atoms with E-state index < -0.39 is 5.97 Å². The van der Waals surface area contributed by atoms with E-state index >= 15 is 0 Å². The van der Waals surface area contributed by atoms with Gasteiger partial charge in [-0.1, -0.05) is 41.4 Å². The van der Waals surface area contributed by atoms with Crippen LogP contribution in [-0.2, 0) is 28.9 Å². The van der Waals surface area contributed by atoms with E-state index in [4.69, 9.17) is 28.3 Å². The van der Waals surface area contributed by atoms with Crippen LogP contribution in [0.5, 0.6) is 0 Å². The first kappa shape index (κ1) is 25.5. The highest BCUT2D eigenvalue weighted by atomic mass is 35.5. The average molecular weight is 516 g/mol. The number of fused-ring (bicyclic) bond motifs is 1. The van der Waals surface area contributed by atoms with Crippen molar-refractivity contribution in [3.63, 3.8) is 0 Å². The third-order valence-corrected chi connectivity index (χ3v) is 7.68. The maximum Gasteiger partial charge on any atom is 0.328 e. The summed E-state index contributed by atoms with van der Waals surface area (Å²) < 4.78 is 0. The van der Waals surface area contributed by atoms with Gasteiger partial charge >= 0.3 is 5.97 Å². The summed E-state index contributed by atoms with van der Waals surface area (Å²) in [5.41, 5.74) is 4.97. The van der Waals surface area contributed by atoms with Crippen LogP contribution >= 0.6 is 23.2 Å². The SMILES string of the molecule is CN(C(=O)Cc1ccc(Cl)c(Cl)c1)c1c(NC/C=C\C(=O)O)ccc2c1C[C@@H](N1CCCC1)CC2. The number of carbonyl (C=O) groups is 2. The number of aliphatic carboxylic acids is 1. The fraction of sp³-hybridized carbons (Fsp3) is 0.407. The average Bonchev–Trinajstić information content (AvgIpc) is 3.38. The molecule has 1 aliphatic carbocycles. The van der Waals surface area contributed by atoms with Crippen molar-refractivity contribution in [1.29, 1.82) is 0 Å². The lowest BCUT2D eigenvalue weighted by molar-refractivity contribution is -0.131. The minimum Gasteiger partial charge on any atom is -0.478 e. The second-order valence-corrected chi connectivity index (χ2v) is 10.1. The molecule has 0 bridgehead atoms. The number of carboxylic acid groups (broad SMARTS) is 1. The lowest BCUT2D eigenvalue weighted by Crippen LogP contribution is -2.38. The second kappa shape index (κ2) is 11.5. The van der Waals surface area contributed by atoms with Crippen molar-refractivity contribution in [2.75, 3.05) is 36.9 Å². The number of carbonyl (C=O) groups excluding carboxylic acids is 1. The van der Waals surface area contributed by atoms with E-state index in [1.165, 1.54) is 24.0 Å². The van der Waals surface area contributed by atoms with Crippen molar-refractivity contribution >= 4 is 46.5 Å². The Hall–Kier alpha value is -2.54. The molecule has 0 radical (unpaired) electrons. The number of amides is 1. The highest BCUT2D eigenvalue weighted by Gasteiger charge is 2.30. The van der Waals surface area contributed by atoms with Crippen LogP contribution in [0.2, 0.25) is 10.0 Å². The summed E-state index contributed by atoms with van der Waals surface area (Å²) >= 11 is 12.2. The van der Waals surface area contributed by atoms with Crippen LogP contribution in [0, 0.1) is 0 Å². The number of benzene rings is 2. The molecule has 2 aromatic carbocycles. The highest BCUT2D eigenvalue weighted by molar-refractivity contribution is 6.42. The van der Waals surface area contributed by atoms with E-state index in [1.807, 2.05) is 19.2 Å². The normalized spacial score (nSPS) is 18.0. The third-order valence-electron chi connectivity index (χ3n) is 6.94. The Bertz CT molecular complexity index is 1130. The molecule has 1 aliphatic heterocycles. The number of rotatable bonds is 8. The van der Waals surface area contributed by atoms with Crippen LogP contribution in [0.1, 0.15) is 36.0 Å². The molecule has 186 valence electrons. The molecule has 0 unspecified atom stereocenters. The van der Waals surface area contributed by atoms with Crippen molar-refractivity contribution in [2.24, 2.45) is 0 Å². The van der Waals surface area contributed by atoms with Crippen molar-refractivity contribution < 1.29 is 14.7 Å². The number of aryl methyl sites for hydroxylation is 1. The van der Waals surface area contributed by atoms with Gasteiger partial charge in [0.2, 0.25) is 5.91 Å². The number of likely N-dealkylation sites (tertiary alicyclic amines) is 1. The number of nitrogens with one attached hydrogen (secondary N) is 1. The molecule has 1 saturated heterocycles. The Kier molecular flexibility index (Phi) is 8.37. The largest absolute Gasteiger partial charge is 0.478 e. The summed E-state index contributed by atoms with van der Waals surface area (Å²) in [6.45, 7) is 2.63. The monoisotopic (exact) mass is 515 g/mol. The third kappa shape index (κ3) is 6.18. The molecule has 2 N–H and O–H groups in total. The van der Waals surface area contributed by atoms with Crippen LogP contribution in [0.4, 0.5) is 11.4 Å². The number of anilines is 2. The maximum absolute atomic E-state index is 13.4. The van der Waals surface area contributed by atoms with E-state index in [1.54, 1.807) is 23.1 Å². The van der Waals surface area contributed by atoms with Crippen molar-refractivity contribution in [1.82, 2.24) is 4.90 Å². The first-order valence-electron chi connectivity index (χ1n) is 12.1. The van der Waals surface area contributed by atoms with E-state index in [-0.39, 0.29) is 12.3 Å². The van der Waals surface area contributed by atoms with Gasteiger partial charge in [0.25, 0.3) is 0 Å². The predicted molar refractivity (Wildman–Crippen MR) is 142 cm³/mol. The van der Waals surface area contributed by atoms with E-state index in [0.717, 1.165) is 55.4 Å². The van der Waals surface area contributed by atoms with Gasteiger partial charge in [-0.2, -0.15) is 0 Å². The number of hydrogen-bond acceptors (Lipinski definition) is 4. The first-order valence-corrected chi connectivity index (χ1v) is 12.8. The summed E-state index contributed by atoms with van der Waals surface area (Å²) in [5.74, 6) is -1.04. The smallest absolute Gasteiger partial charge is 0.328 e. The maximum atomic E-state index is 13.4. The summed E-state index contributed by atoms with van der Waals surface area (Å²) in [5, 5.41) is 13.1. The molecule has 2 aliphatic rings. The van der Waals surface area contributed by atoms with Gasteiger partial charge in [0.05, 0.1) is 27.8 Å². The molecule has 0 aromatic heterocycles. The molecule has 1 atom stereocenters. The van der Waals surface area contributed by atoms with Crippen LogP contribution in [0.25, 0.3) is 0 Å². The molecule has 0 spiro atoms. The molecule has 1 amide bonds. The van der Waals surface area contributed by atoms with Gasteiger partial charge in [-0.3, -0.25) is 4.79 Å². The molecule has 6 nitrogen and oxygen atoms in total. The van der Waals surface area contributed by atoms with E-state index in [2.05, 4.69) is 16.3 Å². The zero-order chi connectivity index (χ0) is 24.9. The molecule has 2 aromatic rings. The molecule has 1 fully saturated rings. The van der Waals surface area contributed by atoms with Crippen LogP contribution in [0.15, 0.2) is 42.5 Å². The van der Waals surface area contributed by atoms with Gasteiger partial charge in [-0.25, -0.2) is 4.79 Å². The number of carboxylic acids is 1. The lowest BCUT2D eigenvalue weighted by atomic mass is 9.85. The Balaban J connectivity index is 1.63. The molecule has 8 heteroatoms. The number of likely N-dealkylation sites (N-methyl/N-ethyl adjacent to an activating group) is 1. The Morgan fingerprint density at radius 3 is 2.66 bits per heavy atom. The number of halogens is 2. The zero-order valence-electron chi connectivity index (χ0n) is 19.9. The van der Waals surface area contributed by atoms with Gasteiger partial charge in [0.15, 0.2) is 0 Å². The van der Waals surface area contributed by atoms with Crippen LogP contribution < -0.4 is 10.2 Å². The Morgan fingerprint density at radius 2 is 1.94 bits per heavy atom. The van der Waals surface area contributed by atoms with E-state index in [9.17, 15) is 9.59 Å². The predicted octanol–water partition coefficient (Wildman–Crippen LogP) is 5.20. The van der Waals surface area contributed by atoms with Gasteiger partial charge in [-0.15, -0.1) is 0 Å². The van der Waals surface area contributed by atoms with Crippen LogP contribution in [0.3, 0.4) is 0 Å². The minimum absolute atomic E-state index is 0.0517. The quantitative estimate of drug-likeness (QED) is 0.472. The van der Waals surface area contributed by atoms with Gasteiger partial charge < -0.3 is 20.2 Å². The molecular formula is C27H31Cl2N3O3. The molecule has 35 heavy (non-hydrogen) atoms. The van der Waals surface area contributed by atoms with Crippen molar-refractivity contribution in [3.05, 3.63) is 69.2 Å². The molecule has 1 heterocycles. The van der Waals surface area contributed by atoms with Crippen molar-refractivity contribution in [2.45, 2.75) is 44.6 Å². The Morgan fingerprint density at radius 1 is 1.17 bits per heavy atom. The zero-order valence-corrected chi connectivity index (χ0v) is 21.4. The summed E-state index contributed by atoms with van der Waals surface area (Å²) in [6, 6.07) is 9.87. The van der Waals surface area contributed by atoms with Gasteiger partial charge in [-0.05, 0) is 80.1 Å². The first-order chi connectivity index (χ1) is 16.8. The summed E-state index contributed by atoms with van der Waals surface area (Å²) in [7, 11) is 1.81. The van der Waals surface area contributed by atoms with Gasteiger partial charge in [0, 0.05) is 25.7 Å². The van der Waals surface area contributed by atoms with Crippen molar-refractivity contribution in [3.8, 4) is 0 Å². The number of nitrogens with zero attached hydrogens (tertiary/aromatic N) is 2. The Labute approximate surface area is 216 Å². The summed E-state index contributed by atoms with van der Waals surface area (Å²) in [6.07, 6.45) is 8.38. The standard InChI is InChI=1S/C27H31Cl2N3O3/c1-31(25(33)16-18-6-10-22(28)23(29)15-18)27-21-17-20(32-13-2-3-14-32)9-7-19(21)8-11-24(27)30-12-4-5-26(34)35/h4-6,8,10-11,15,20,30H,2-3,7,9,12-14,16-17H2,1H3,(H,34,35)/b5-4-/t20-/m0/s1.